The molecule has 0 bridgehead atoms. The van der Waals surface area contributed by atoms with E-state index in [0.29, 0.717) is 6.04 Å². The van der Waals surface area contributed by atoms with Crippen LogP contribution in [0.2, 0.25) is 0 Å². The molecule has 0 radical (unpaired) electrons. The van der Waals surface area contributed by atoms with Gasteiger partial charge in [-0.2, -0.15) is 0 Å². The minimum Gasteiger partial charge on any atom is -0.497 e. The number of ether oxygens (including phenoxy) is 1. The van der Waals surface area contributed by atoms with Crippen molar-refractivity contribution in [1.29, 1.82) is 0 Å². The smallest absolute Gasteiger partial charge is 0.119 e. The second-order valence-corrected chi connectivity index (χ2v) is 7.23. The molecule has 2 aromatic rings. The maximum atomic E-state index is 11.5. The Morgan fingerprint density at radius 3 is 2.48 bits per heavy atom. The van der Waals surface area contributed by atoms with Crippen LogP contribution in [0.1, 0.15) is 18.5 Å². The van der Waals surface area contributed by atoms with Crippen LogP contribution in [0.3, 0.4) is 0 Å². The van der Waals surface area contributed by atoms with Gasteiger partial charge < -0.3 is 4.74 Å². The molecule has 2 aromatic carbocycles. The lowest BCUT2D eigenvalue weighted by Gasteiger charge is -2.32. The quantitative estimate of drug-likeness (QED) is 0.873. The van der Waals surface area contributed by atoms with Crippen LogP contribution in [0, 0.1) is 0 Å². The van der Waals surface area contributed by atoms with Crippen LogP contribution in [0.5, 0.6) is 5.75 Å². The lowest BCUT2D eigenvalue weighted by Crippen LogP contribution is -2.39. The molecule has 1 saturated heterocycles. The van der Waals surface area contributed by atoms with Crippen molar-refractivity contribution >= 4 is 21.6 Å². The first kappa shape index (κ1) is 14.5. The van der Waals surface area contributed by atoms with Crippen molar-refractivity contribution < 1.29 is 8.95 Å². The molecule has 0 amide bonds. The maximum Gasteiger partial charge on any atom is 0.119 e. The van der Waals surface area contributed by atoms with E-state index < -0.39 is 10.8 Å². The third-order valence-corrected chi connectivity index (χ3v) is 5.59. The first-order valence-corrected chi connectivity index (χ1v) is 8.83. The molecule has 1 atom stereocenters. The largest absolute Gasteiger partial charge is 0.497 e. The molecule has 1 aliphatic rings. The van der Waals surface area contributed by atoms with E-state index in [0.717, 1.165) is 30.3 Å². The van der Waals surface area contributed by atoms with Crippen molar-refractivity contribution in [2.24, 2.45) is 0 Å². The van der Waals surface area contributed by atoms with Gasteiger partial charge in [0.05, 0.1) is 7.11 Å². The summed E-state index contributed by atoms with van der Waals surface area (Å²) in [7, 11) is 1.08. The lowest BCUT2D eigenvalue weighted by molar-refractivity contribution is 0.231. The number of nitrogens with zero attached hydrogens (tertiary/aromatic N) is 1. The number of rotatable bonds is 3. The summed E-state index contributed by atoms with van der Waals surface area (Å²) in [6.07, 6.45) is 0. The zero-order valence-electron chi connectivity index (χ0n) is 12.5. The molecule has 4 heteroatoms. The maximum absolute atomic E-state index is 11.5. The first-order chi connectivity index (χ1) is 10.2. The van der Waals surface area contributed by atoms with Crippen LogP contribution < -0.4 is 4.74 Å². The fourth-order valence-corrected chi connectivity index (χ4v) is 3.96. The fraction of sp³-hybridized carbons (Fsp3) is 0.412. The van der Waals surface area contributed by atoms with Gasteiger partial charge in [-0.3, -0.25) is 9.11 Å². The Morgan fingerprint density at radius 1 is 1.10 bits per heavy atom. The average molecular weight is 303 g/mol. The lowest BCUT2D eigenvalue weighted by atomic mass is 10.0. The van der Waals surface area contributed by atoms with Gasteiger partial charge in [0, 0.05) is 41.4 Å². The van der Waals surface area contributed by atoms with Crippen LogP contribution in [0.25, 0.3) is 10.8 Å². The van der Waals surface area contributed by atoms with E-state index in [4.69, 9.17) is 4.74 Å². The van der Waals surface area contributed by atoms with Crippen LogP contribution in [0.4, 0.5) is 0 Å². The third-order valence-electron chi connectivity index (χ3n) is 4.31. The van der Waals surface area contributed by atoms with Gasteiger partial charge in [0.15, 0.2) is 0 Å². The van der Waals surface area contributed by atoms with Crippen molar-refractivity contribution in [2.75, 3.05) is 31.7 Å². The number of benzene rings is 2. The van der Waals surface area contributed by atoms with Crippen LogP contribution in [-0.2, 0) is 10.8 Å². The highest BCUT2D eigenvalue weighted by Gasteiger charge is 2.21. The molecule has 3 rings (SSSR count). The van der Waals surface area contributed by atoms with E-state index in [2.05, 4.69) is 42.2 Å². The van der Waals surface area contributed by atoms with Gasteiger partial charge in [0.2, 0.25) is 0 Å². The Hall–Kier alpha value is -1.39. The van der Waals surface area contributed by atoms with Gasteiger partial charge in [-0.1, -0.05) is 18.2 Å². The van der Waals surface area contributed by atoms with E-state index in [1.807, 2.05) is 6.07 Å². The number of hydrogen-bond acceptors (Lipinski definition) is 3. The van der Waals surface area contributed by atoms with Crippen LogP contribution >= 0.6 is 0 Å². The zero-order chi connectivity index (χ0) is 14.8. The molecule has 0 saturated carbocycles. The summed E-state index contributed by atoms with van der Waals surface area (Å²) in [4.78, 5) is 2.42. The molecule has 1 fully saturated rings. The monoisotopic (exact) mass is 303 g/mol. The van der Waals surface area contributed by atoms with E-state index in [1.165, 1.54) is 16.3 Å². The van der Waals surface area contributed by atoms with Crippen molar-refractivity contribution in [3.05, 3.63) is 42.0 Å². The Morgan fingerprint density at radius 2 is 1.76 bits per heavy atom. The highest BCUT2D eigenvalue weighted by atomic mass is 32.2. The minimum absolute atomic E-state index is 0.369. The summed E-state index contributed by atoms with van der Waals surface area (Å²) >= 11 is 0. The van der Waals surface area contributed by atoms with Gasteiger partial charge in [-0.15, -0.1) is 0 Å². The van der Waals surface area contributed by atoms with Gasteiger partial charge in [0.25, 0.3) is 0 Å². The van der Waals surface area contributed by atoms with Crippen molar-refractivity contribution in [2.45, 2.75) is 13.0 Å². The first-order valence-electron chi connectivity index (χ1n) is 7.34. The van der Waals surface area contributed by atoms with Gasteiger partial charge in [-0.05, 0) is 41.5 Å². The van der Waals surface area contributed by atoms with E-state index in [1.54, 1.807) is 7.11 Å². The Kier molecular flexibility index (Phi) is 4.27. The van der Waals surface area contributed by atoms with Crippen molar-refractivity contribution in [1.82, 2.24) is 4.90 Å². The molecule has 112 valence electrons. The summed E-state index contributed by atoms with van der Waals surface area (Å²) in [5.41, 5.74) is 1.32. The van der Waals surface area contributed by atoms with Crippen molar-refractivity contribution in [3.8, 4) is 5.75 Å². The third kappa shape index (κ3) is 3.11. The molecule has 0 unspecified atom stereocenters. The van der Waals surface area contributed by atoms with E-state index >= 15 is 0 Å². The summed E-state index contributed by atoms with van der Waals surface area (Å²) < 4.78 is 16.7. The Bertz CT molecular complexity index is 661. The molecule has 1 heterocycles. The molecule has 0 N–H and O–H groups in total. The summed E-state index contributed by atoms with van der Waals surface area (Å²) in [5, 5.41) is 2.44. The van der Waals surface area contributed by atoms with E-state index in [-0.39, 0.29) is 0 Å². The Balaban J connectivity index is 1.84. The van der Waals surface area contributed by atoms with Gasteiger partial charge in [-0.25, -0.2) is 0 Å². The standard InChI is InChI=1S/C17H21NO2S/c1-13(18-7-9-21(19)10-8-18)14-3-4-16-12-17(20-2)6-5-15(16)11-14/h3-6,11-13H,7-10H2,1-2H3/t13-/m1/s1. The fourth-order valence-electron chi connectivity index (χ4n) is 2.88. The molecule has 21 heavy (non-hydrogen) atoms. The highest BCUT2D eigenvalue weighted by Crippen LogP contribution is 2.27. The topological polar surface area (TPSA) is 29.5 Å². The normalized spacial score (nSPS) is 18.8. The number of methoxy groups -OCH3 is 1. The zero-order valence-corrected chi connectivity index (χ0v) is 13.4. The predicted octanol–water partition coefficient (Wildman–Crippen LogP) is 2.97. The molecule has 1 aliphatic heterocycles. The average Bonchev–Trinajstić information content (AvgIpc) is 2.54. The summed E-state index contributed by atoms with van der Waals surface area (Å²) in [6.45, 7) is 4.09. The molecular weight excluding hydrogens is 282 g/mol. The Labute approximate surface area is 128 Å². The van der Waals surface area contributed by atoms with Crippen molar-refractivity contribution in [3.63, 3.8) is 0 Å². The predicted molar refractivity (Wildman–Crippen MR) is 88.4 cm³/mol. The summed E-state index contributed by atoms with van der Waals surface area (Å²) in [6, 6.07) is 13.1. The summed E-state index contributed by atoms with van der Waals surface area (Å²) in [5.74, 6) is 2.49. The molecule has 0 aromatic heterocycles. The molecular formula is C17H21NO2S. The molecule has 0 spiro atoms. The second kappa shape index (κ2) is 6.16. The number of fused-ring (bicyclic) bond motifs is 1. The van der Waals surface area contributed by atoms with Crippen LogP contribution in [0.15, 0.2) is 36.4 Å². The van der Waals surface area contributed by atoms with Gasteiger partial charge >= 0.3 is 0 Å². The van der Waals surface area contributed by atoms with E-state index in [9.17, 15) is 4.21 Å². The molecule has 0 aliphatic carbocycles. The number of hydrogen-bond donors (Lipinski definition) is 0. The SMILES string of the molecule is COc1ccc2cc([C@@H](C)N3CCS(=O)CC3)ccc2c1. The second-order valence-electron chi connectivity index (χ2n) is 5.53. The molecule has 3 nitrogen and oxygen atoms in total. The minimum atomic E-state index is -0.615. The van der Waals surface area contributed by atoms with Gasteiger partial charge in [0.1, 0.15) is 5.75 Å². The highest BCUT2D eigenvalue weighted by molar-refractivity contribution is 7.85. The van der Waals surface area contributed by atoms with Crippen LogP contribution in [-0.4, -0.2) is 40.8 Å².